The van der Waals surface area contributed by atoms with E-state index in [1.54, 1.807) is 0 Å². The normalized spacial score (nSPS) is 12.2. The van der Waals surface area contributed by atoms with E-state index in [0.717, 1.165) is 16.6 Å². The van der Waals surface area contributed by atoms with E-state index >= 15 is 0 Å². The lowest BCUT2D eigenvalue weighted by Gasteiger charge is -2.19. The quantitative estimate of drug-likeness (QED) is 0.599. The lowest BCUT2D eigenvalue weighted by molar-refractivity contribution is 0.571. The van der Waals surface area contributed by atoms with E-state index in [1.807, 2.05) is 19.1 Å². The van der Waals surface area contributed by atoms with Crippen molar-refractivity contribution in [3.63, 3.8) is 0 Å². The van der Waals surface area contributed by atoms with E-state index in [9.17, 15) is 0 Å². The van der Waals surface area contributed by atoms with Crippen LogP contribution in [0.5, 0.6) is 0 Å². The highest BCUT2D eigenvalue weighted by Gasteiger charge is 2.20. The summed E-state index contributed by atoms with van der Waals surface area (Å²) in [4.78, 5) is 4.61. The minimum absolute atomic E-state index is 0.0848. The van der Waals surface area contributed by atoms with E-state index in [4.69, 9.17) is 34.8 Å². The fraction of sp³-hybridized carbons (Fsp3) is 0.357. The van der Waals surface area contributed by atoms with E-state index in [2.05, 4.69) is 25.8 Å². The maximum Gasteiger partial charge on any atom is 0.0921 e. The second-order valence-corrected chi connectivity index (χ2v) is 6.64. The van der Waals surface area contributed by atoms with Crippen LogP contribution >= 0.6 is 34.8 Å². The van der Waals surface area contributed by atoms with Crippen LogP contribution < -0.4 is 0 Å². The molecule has 1 heterocycles. The monoisotopic (exact) mass is 301 g/mol. The van der Waals surface area contributed by atoms with Gasteiger partial charge >= 0.3 is 0 Å². The summed E-state index contributed by atoms with van der Waals surface area (Å²) < 4.78 is 0. The summed E-state index contributed by atoms with van der Waals surface area (Å²) in [5, 5.41) is 2.53. The number of rotatable bonds is 0. The number of hydrogen-bond donors (Lipinski definition) is 0. The van der Waals surface area contributed by atoms with Gasteiger partial charge in [-0.25, -0.2) is 0 Å². The fourth-order valence-electron chi connectivity index (χ4n) is 1.80. The molecule has 96 valence electrons. The van der Waals surface area contributed by atoms with Crippen molar-refractivity contribution in [2.24, 2.45) is 0 Å². The molecule has 4 heteroatoms. The Hall–Kier alpha value is -0.500. The number of hydrogen-bond acceptors (Lipinski definition) is 1. The average Bonchev–Trinajstić information content (AvgIpc) is 2.24. The van der Waals surface area contributed by atoms with Crippen molar-refractivity contribution in [1.29, 1.82) is 0 Å². The number of halogens is 3. The Morgan fingerprint density at radius 2 is 1.61 bits per heavy atom. The molecule has 1 aromatic carbocycles. The molecular formula is C14H14Cl3N. The van der Waals surface area contributed by atoms with E-state index < -0.39 is 0 Å². The zero-order chi connectivity index (χ0) is 13.7. The highest BCUT2D eigenvalue weighted by atomic mass is 35.5. The lowest BCUT2D eigenvalue weighted by atomic mass is 9.91. The Morgan fingerprint density at radius 1 is 1.00 bits per heavy atom. The first-order valence-electron chi connectivity index (χ1n) is 5.67. The Bertz CT molecular complexity index is 627. The largest absolute Gasteiger partial charge is 0.251 e. The van der Waals surface area contributed by atoms with Crippen LogP contribution in [0.2, 0.25) is 15.1 Å². The van der Waals surface area contributed by atoms with Crippen LogP contribution in [0.3, 0.4) is 0 Å². The molecule has 0 fully saturated rings. The molecule has 1 nitrogen and oxygen atoms in total. The van der Waals surface area contributed by atoms with Gasteiger partial charge in [0.05, 0.1) is 20.6 Å². The SMILES string of the molecule is Cc1cc(Cl)c2nc(C(C)(C)C)cc(Cl)c2c1Cl. The number of aromatic nitrogens is 1. The van der Waals surface area contributed by atoms with Gasteiger partial charge in [0.15, 0.2) is 0 Å². The molecule has 0 bridgehead atoms. The third-order valence-corrected chi connectivity index (χ3v) is 3.95. The number of pyridine rings is 1. The van der Waals surface area contributed by atoms with Gasteiger partial charge in [0.2, 0.25) is 0 Å². The van der Waals surface area contributed by atoms with Crippen LogP contribution in [0.15, 0.2) is 12.1 Å². The van der Waals surface area contributed by atoms with Crippen molar-refractivity contribution < 1.29 is 0 Å². The highest BCUT2D eigenvalue weighted by Crippen LogP contribution is 2.38. The van der Waals surface area contributed by atoms with Crippen LogP contribution in [0.4, 0.5) is 0 Å². The smallest absolute Gasteiger partial charge is 0.0921 e. The molecular weight excluding hydrogens is 289 g/mol. The van der Waals surface area contributed by atoms with Crippen molar-refractivity contribution in [2.75, 3.05) is 0 Å². The van der Waals surface area contributed by atoms with Crippen LogP contribution in [0, 0.1) is 6.92 Å². The van der Waals surface area contributed by atoms with Gasteiger partial charge in [0, 0.05) is 16.5 Å². The summed E-state index contributed by atoms with van der Waals surface area (Å²) in [6.45, 7) is 8.16. The van der Waals surface area contributed by atoms with Gasteiger partial charge in [-0.2, -0.15) is 0 Å². The Kier molecular flexibility index (Phi) is 3.52. The minimum atomic E-state index is -0.0848. The number of benzene rings is 1. The molecule has 18 heavy (non-hydrogen) atoms. The molecule has 0 atom stereocenters. The van der Waals surface area contributed by atoms with Crippen molar-refractivity contribution >= 4 is 45.7 Å². The van der Waals surface area contributed by atoms with Crippen LogP contribution in [-0.4, -0.2) is 4.98 Å². The summed E-state index contributed by atoms with van der Waals surface area (Å²) in [5.74, 6) is 0. The summed E-state index contributed by atoms with van der Waals surface area (Å²) in [6.07, 6.45) is 0. The molecule has 0 aliphatic rings. The molecule has 0 radical (unpaired) electrons. The van der Waals surface area contributed by atoms with E-state index in [1.165, 1.54) is 0 Å². The zero-order valence-corrected chi connectivity index (χ0v) is 13.0. The Labute approximate surface area is 122 Å². The van der Waals surface area contributed by atoms with Gasteiger partial charge in [-0.05, 0) is 24.6 Å². The molecule has 2 rings (SSSR count). The topological polar surface area (TPSA) is 12.9 Å². The van der Waals surface area contributed by atoms with Gasteiger partial charge in [-0.3, -0.25) is 4.98 Å². The molecule has 0 saturated carbocycles. The second kappa shape index (κ2) is 4.56. The lowest BCUT2D eigenvalue weighted by Crippen LogP contribution is -2.13. The second-order valence-electron chi connectivity index (χ2n) is 5.45. The van der Waals surface area contributed by atoms with Crippen molar-refractivity contribution in [1.82, 2.24) is 4.98 Å². The Morgan fingerprint density at radius 3 is 2.17 bits per heavy atom. The van der Waals surface area contributed by atoms with Crippen molar-refractivity contribution in [3.8, 4) is 0 Å². The number of nitrogens with zero attached hydrogens (tertiary/aromatic N) is 1. The average molecular weight is 303 g/mol. The van der Waals surface area contributed by atoms with Crippen LogP contribution in [-0.2, 0) is 5.41 Å². The summed E-state index contributed by atoms with van der Waals surface area (Å²) in [7, 11) is 0. The van der Waals surface area contributed by atoms with E-state index in [0.29, 0.717) is 20.6 Å². The van der Waals surface area contributed by atoms with Gasteiger partial charge in [0.1, 0.15) is 0 Å². The predicted octanol–water partition coefficient (Wildman–Crippen LogP) is 5.80. The molecule has 0 amide bonds. The summed E-state index contributed by atoms with van der Waals surface area (Å²) in [5.41, 5.74) is 2.39. The first-order valence-corrected chi connectivity index (χ1v) is 6.80. The Balaban J connectivity index is 2.91. The molecule has 0 spiro atoms. The standard InChI is InChI=1S/C14H14Cl3N/c1-7-5-9(16)13-11(12(7)17)8(15)6-10(18-13)14(2,3)4/h5-6H,1-4H3. The van der Waals surface area contributed by atoms with Crippen LogP contribution in [0.25, 0.3) is 10.9 Å². The molecule has 0 aliphatic heterocycles. The zero-order valence-electron chi connectivity index (χ0n) is 10.7. The molecule has 0 unspecified atom stereocenters. The maximum atomic E-state index is 6.33. The van der Waals surface area contributed by atoms with Crippen molar-refractivity contribution in [3.05, 3.63) is 38.5 Å². The maximum absolute atomic E-state index is 6.33. The van der Waals surface area contributed by atoms with Gasteiger partial charge in [-0.1, -0.05) is 55.6 Å². The third kappa shape index (κ3) is 2.32. The molecule has 0 saturated heterocycles. The van der Waals surface area contributed by atoms with Gasteiger partial charge in [0.25, 0.3) is 0 Å². The van der Waals surface area contributed by atoms with E-state index in [-0.39, 0.29) is 5.41 Å². The summed E-state index contributed by atoms with van der Waals surface area (Å²) in [6, 6.07) is 3.69. The summed E-state index contributed by atoms with van der Waals surface area (Å²) >= 11 is 18.9. The molecule has 0 aliphatic carbocycles. The minimum Gasteiger partial charge on any atom is -0.251 e. The van der Waals surface area contributed by atoms with Crippen LogP contribution in [0.1, 0.15) is 32.0 Å². The fourth-order valence-corrected chi connectivity index (χ4v) is 2.68. The molecule has 2 aromatic rings. The van der Waals surface area contributed by atoms with Gasteiger partial charge < -0.3 is 0 Å². The third-order valence-electron chi connectivity index (χ3n) is 2.87. The molecule has 1 aromatic heterocycles. The molecule has 0 N–H and O–H groups in total. The van der Waals surface area contributed by atoms with Gasteiger partial charge in [-0.15, -0.1) is 0 Å². The van der Waals surface area contributed by atoms with Crippen molar-refractivity contribution in [2.45, 2.75) is 33.1 Å². The first-order chi connectivity index (χ1) is 8.21. The highest BCUT2D eigenvalue weighted by molar-refractivity contribution is 6.45. The predicted molar refractivity (Wildman–Crippen MR) is 80.2 cm³/mol. The number of aryl methyl sites for hydroxylation is 1. The first kappa shape index (κ1) is 13.9. The number of fused-ring (bicyclic) bond motifs is 1.